The molecule has 0 aliphatic rings. The highest BCUT2D eigenvalue weighted by atomic mass is 35.5. The molecule has 0 saturated heterocycles. The number of aliphatic hydroxyl groups excluding tert-OH is 1. The van der Waals surface area contributed by atoms with Gasteiger partial charge in [0, 0.05) is 5.56 Å². The van der Waals surface area contributed by atoms with Gasteiger partial charge in [0.2, 0.25) is 0 Å². The Balaban J connectivity index is 2.48. The molecule has 1 aromatic heterocycles. The number of aromatic nitrogens is 1. The van der Waals surface area contributed by atoms with Crippen molar-refractivity contribution in [1.82, 2.24) is 10.3 Å². The summed E-state index contributed by atoms with van der Waals surface area (Å²) in [5.41, 5.74) is -0.956. The lowest BCUT2D eigenvalue weighted by Gasteiger charge is -2.23. The molecule has 1 aromatic carbocycles. The first kappa shape index (κ1) is 23.9. The number of alkyl carbamates (subject to hydrolysis) is 1. The highest BCUT2D eigenvalue weighted by Crippen LogP contribution is 2.34. The Bertz CT molecular complexity index is 929. The van der Waals surface area contributed by atoms with Gasteiger partial charge in [-0.05, 0) is 63.6 Å². The predicted molar refractivity (Wildman–Crippen MR) is 103 cm³/mol. The minimum atomic E-state index is -4.95. The third-order valence-corrected chi connectivity index (χ3v) is 4.20. The van der Waals surface area contributed by atoms with Gasteiger partial charge in [-0.3, -0.25) is 0 Å². The molecule has 2 N–H and O–H groups in total. The number of nitrogens with one attached hydrogen (secondary N) is 1. The molecule has 10 heteroatoms. The van der Waals surface area contributed by atoms with E-state index < -0.39 is 41.5 Å². The summed E-state index contributed by atoms with van der Waals surface area (Å²) in [5, 5.41) is 12.0. The fourth-order valence-electron chi connectivity index (χ4n) is 2.50. The number of hydrogen-bond acceptors (Lipinski definition) is 4. The zero-order valence-corrected chi connectivity index (χ0v) is 17.4. The number of pyridine rings is 1. The number of halogens is 5. The first-order valence-electron chi connectivity index (χ1n) is 8.89. The van der Waals surface area contributed by atoms with E-state index >= 15 is 0 Å². The number of aliphatic hydroxyl groups is 1. The Labute approximate surface area is 176 Å². The number of carbonyl (C=O) groups is 1. The van der Waals surface area contributed by atoms with E-state index in [1.807, 2.05) is 0 Å². The third kappa shape index (κ3) is 6.30. The summed E-state index contributed by atoms with van der Waals surface area (Å²) < 4.78 is 57.8. The van der Waals surface area contributed by atoms with Gasteiger partial charge in [-0.25, -0.2) is 14.2 Å². The topological polar surface area (TPSA) is 71.5 Å². The van der Waals surface area contributed by atoms with Crippen molar-refractivity contribution in [2.75, 3.05) is 0 Å². The zero-order chi connectivity index (χ0) is 22.9. The molecule has 1 heterocycles. The van der Waals surface area contributed by atoms with E-state index in [9.17, 15) is 27.5 Å². The highest BCUT2D eigenvalue weighted by Gasteiger charge is 2.41. The molecular weight excluding hydrogens is 428 g/mol. The van der Waals surface area contributed by atoms with Crippen LogP contribution in [0.3, 0.4) is 0 Å². The van der Waals surface area contributed by atoms with Crippen LogP contribution in [0.4, 0.5) is 22.4 Å². The van der Waals surface area contributed by atoms with Crippen LogP contribution in [0.5, 0.6) is 0 Å². The number of carbonyl (C=O) groups excluding carboxylic acids is 1. The van der Waals surface area contributed by atoms with Crippen LogP contribution in [0.1, 0.15) is 51.1 Å². The van der Waals surface area contributed by atoms with Crippen LogP contribution >= 0.6 is 11.6 Å². The standard InChI is InChI=1S/C20H21ClF4N2O3/c1-10(26-18(29)30-19(2,3)4)12-8-15(11-5-6-14(22)13(21)7-11)27-16(9-12)17(28)20(23,24)25/h5-10,17,28H,1-4H3,(H,26,29). The molecule has 5 nitrogen and oxygen atoms in total. The van der Waals surface area contributed by atoms with E-state index in [-0.39, 0.29) is 21.8 Å². The average Bonchev–Trinajstić information content (AvgIpc) is 2.60. The molecule has 164 valence electrons. The van der Waals surface area contributed by atoms with Gasteiger partial charge in [0.1, 0.15) is 11.4 Å². The maximum atomic E-state index is 13.5. The van der Waals surface area contributed by atoms with Crippen LogP contribution in [0.15, 0.2) is 30.3 Å². The lowest BCUT2D eigenvalue weighted by atomic mass is 10.0. The first-order valence-corrected chi connectivity index (χ1v) is 9.27. The smallest absolute Gasteiger partial charge is 0.420 e. The van der Waals surface area contributed by atoms with Crippen molar-refractivity contribution in [3.05, 3.63) is 52.4 Å². The Morgan fingerprint density at radius 1 is 1.20 bits per heavy atom. The van der Waals surface area contributed by atoms with Crippen molar-refractivity contribution in [3.63, 3.8) is 0 Å². The van der Waals surface area contributed by atoms with E-state index in [0.717, 1.165) is 12.1 Å². The molecule has 0 aliphatic heterocycles. The quantitative estimate of drug-likeness (QED) is 0.586. The average molecular weight is 449 g/mol. The van der Waals surface area contributed by atoms with Crippen molar-refractivity contribution >= 4 is 17.7 Å². The second-order valence-electron chi connectivity index (χ2n) is 7.65. The summed E-state index contributed by atoms with van der Waals surface area (Å²) in [4.78, 5) is 15.9. The monoisotopic (exact) mass is 448 g/mol. The van der Waals surface area contributed by atoms with Gasteiger partial charge < -0.3 is 15.2 Å². The summed E-state index contributed by atoms with van der Waals surface area (Å²) in [6, 6.07) is 5.22. The molecule has 0 radical (unpaired) electrons. The van der Waals surface area contributed by atoms with Gasteiger partial charge >= 0.3 is 12.3 Å². The van der Waals surface area contributed by atoms with Gasteiger partial charge in [-0.15, -0.1) is 0 Å². The number of ether oxygens (including phenoxy) is 1. The van der Waals surface area contributed by atoms with Crippen molar-refractivity contribution in [2.24, 2.45) is 0 Å². The molecule has 0 spiro atoms. The van der Waals surface area contributed by atoms with Crippen LogP contribution < -0.4 is 5.32 Å². The summed E-state index contributed by atoms with van der Waals surface area (Å²) >= 11 is 5.77. The number of nitrogens with zero attached hydrogens (tertiary/aromatic N) is 1. The number of rotatable bonds is 4. The molecule has 0 saturated carbocycles. The summed E-state index contributed by atoms with van der Waals surface area (Å²) in [6.07, 6.45) is -8.57. The lowest BCUT2D eigenvalue weighted by molar-refractivity contribution is -0.207. The fourth-order valence-corrected chi connectivity index (χ4v) is 2.68. The van der Waals surface area contributed by atoms with Gasteiger partial charge in [0.15, 0.2) is 6.10 Å². The van der Waals surface area contributed by atoms with Crippen molar-refractivity contribution < 1.29 is 32.2 Å². The summed E-state index contributed by atoms with van der Waals surface area (Å²) in [6.45, 7) is 6.53. The highest BCUT2D eigenvalue weighted by molar-refractivity contribution is 6.31. The number of benzene rings is 1. The molecule has 2 aromatic rings. The van der Waals surface area contributed by atoms with E-state index in [4.69, 9.17) is 16.3 Å². The molecule has 2 rings (SSSR count). The van der Waals surface area contributed by atoms with E-state index in [1.54, 1.807) is 20.8 Å². The normalized spacial score (nSPS) is 14.2. The Morgan fingerprint density at radius 2 is 1.83 bits per heavy atom. The van der Waals surface area contributed by atoms with Gasteiger partial charge in [-0.1, -0.05) is 11.6 Å². The van der Waals surface area contributed by atoms with Crippen LogP contribution in [-0.2, 0) is 4.74 Å². The van der Waals surface area contributed by atoms with Crippen LogP contribution in [0, 0.1) is 5.82 Å². The maximum Gasteiger partial charge on any atom is 0.420 e. The number of hydrogen-bond donors (Lipinski definition) is 2. The van der Waals surface area contributed by atoms with Crippen molar-refractivity contribution in [3.8, 4) is 11.3 Å². The molecular formula is C20H21ClF4N2O3. The first-order chi connectivity index (χ1) is 13.7. The van der Waals surface area contributed by atoms with Gasteiger partial charge in [0.25, 0.3) is 0 Å². The summed E-state index contributed by atoms with van der Waals surface area (Å²) in [7, 11) is 0. The second-order valence-corrected chi connectivity index (χ2v) is 8.06. The zero-order valence-electron chi connectivity index (χ0n) is 16.6. The number of alkyl halides is 3. The van der Waals surface area contributed by atoms with Crippen LogP contribution in [0.2, 0.25) is 5.02 Å². The molecule has 0 aliphatic carbocycles. The van der Waals surface area contributed by atoms with Crippen LogP contribution in [-0.4, -0.2) is 28.0 Å². The molecule has 2 unspecified atom stereocenters. The van der Waals surface area contributed by atoms with Crippen LogP contribution in [0.25, 0.3) is 11.3 Å². The Kier molecular flexibility index (Phi) is 6.98. The van der Waals surface area contributed by atoms with E-state index in [1.165, 1.54) is 25.1 Å². The summed E-state index contributed by atoms with van der Waals surface area (Å²) in [5.74, 6) is -0.702. The third-order valence-electron chi connectivity index (χ3n) is 3.91. The second kappa shape index (κ2) is 8.77. The predicted octanol–water partition coefficient (Wildman–Crippen LogP) is 5.72. The Morgan fingerprint density at radius 3 is 2.37 bits per heavy atom. The van der Waals surface area contributed by atoms with E-state index in [2.05, 4.69) is 10.3 Å². The molecule has 1 amide bonds. The Hall–Kier alpha value is -2.39. The molecule has 0 fully saturated rings. The van der Waals surface area contributed by atoms with Gasteiger partial charge in [-0.2, -0.15) is 13.2 Å². The minimum absolute atomic E-state index is 0.0190. The molecule has 2 atom stereocenters. The largest absolute Gasteiger partial charge is 0.444 e. The van der Waals surface area contributed by atoms with Crippen molar-refractivity contribution in [2.45, 2.75) is 51.6 Å². The molecule has 30 heavy (non-hydrogen) atoms. The minimum Gasteiger partial charge on any atom is -0.444 e. The lowest BCUT2D eigenvalue weighted by Crippen LogP contribution is -2.34. The number of amides is 1. The SMILES string of the molecule is CC(NC(=O)OC(C)(C)C)c1cc(-c2ccc(F)c(Cl)c2)nc(C(O)C(F)(F)F)c1. The fraction of sp³-hybridized carbons (Fsp3) is 0.400. The van der Waals surface area contributed by atoms with Gasteiger partial charge in [0.05, 0.1) is 22.5 Å². The van der Waals surface area contributed by atoms with Crippen molar-refractivity contribution in [1.29, 1.82) is 0 Å². The molecule has 0 bridgehead atoms. The maximum absolute atomic E-state index is 13.5. The van der Waals surface area contributed by atoms with E-state index in [0.29, 0.717) is 0 Å².